The summed E-state index contributed by atoms with van der Waals surface area (Å²) >= 11 is 1.55. The highest BCUT2D eigenvalue weighted by atomic mass is 32.2. The van der Waals surface area contributed by atoms with E-state index in [9.17, 15) is 13.2 Å². The van der Waals surface area contributed by atoms with Crippen molar-refractivity contribution in [2.24, 2.45) is 4.99 Å². The Hall–Kier alpha value is -1.50. The second-order valence-corrected chi connectivity index (χ2v) is 5.41. The first-order chi connectivity index (χ1) is 9.41. The summed E-state index contributed by atoms with van der Waals surface area (Å²) in [5.41, 5.74) is 2.44. The number of aromatic nitrogens is 2. The molecule has 2 heterocycles. The number of rotatable bonds is 4. The Morgan fingerprint density at radius 3 is 2.90 bits per heavy atom. The van der Waals surface area contributed by atoms with Crippen LogP contribution in [0.5, 0.6) is 0 Å². The van der Waals surface area contributed by atoms with Crippen molar-refractivity contribution in [2.75, 3.05) is 6.54 Å². The molecule has 1 aliphatic heterocycles. The maximum atomic E-state index is 12.6. The summed E-state index contributed by atoms with van der Waals surface area (Å²) in [4.78, 5) is 11.6. The molecular weight excluding hydrogens is 287 g/mol. The average molecular weight is 301 g/mol. The Balaban J connectivity index is 2.13. The molecule has 1 atom stereocenters. The Kier molecular flexibility index (Phi) is 4.37. The van der Waals surface area contributed by atoms with Gasteiger partial charge in [-0.3, -0.25) is 4.99 Å². The van der Waals surface area contributed by atoms with Crippen LogP contribution in [0.2, 0.25) is 0 Å². The first-order valence-electron chi connectivity index (χ1n) is 6.00. The van der Waals surface area contributed by atoms with Gasteiger partial charge in [0.25, 0.3) is 0 Å². The van der Waals surface area contributed by atoms with E-state index in [1.807, 2.05) is 0 Å². The van der Waals surface area contributed by atoms with Crippen LogP contribution in [0.25, 0.3) is 0 Å². The number of imidazole rings is 1. The lowest BCUT2D eigenvalue weighted by Crippen LogP contribution is -2.10. The summed E-state index contributed by atoms with van der Waals surface area (Å²) in [6, 6.07) is 0. The average Bonchev–Trinajstić information content (AvgIpc) is 2.98. The Labute approximate surface area is 119 Å². The van der Waals surface area contributed by atoms with Crippen LogP contribution in [0, 0.1) is 6.92 Å². The van der Waals surface area contributed by atoms with E-state index in [0.29, 0.717) is 12.2 Å². The molecule has 1 unspecified atom stereocenters. The Bertz CT molecular complexity index is 550. The number of allylic oxidation sites excluding steroid dienone is 3. The number of H-pyrrole nitrogens is 1. The number of thioether (sulfide) groups is 1. The summed E-state index contributed by atoms with van der Waals surface area (Å²) in [7, 11) is 0. The third-order valence-electron chi connectivity index (χ3n) is 2.94. The summed E-state index contributed by atoms with van der Waals surface area (Å²) in [6.45, 7) is 5.65. The Morgan fingerprint density at radius 1 is 1.60 bits per heavy atom. The van der Waals surface area contributed by atoms with E-state index in [1.165, 1.54) is 0 Å². The van der Waals surface area contributed by atoms with Crippen molar-refractivity contribution in [2.45, 2.75) is 24.8 Å². The molecule has 0 saturated carbocycles. The molecule has 1 aromatic rings. The maximum Gasteiger partial charge on any atom is 0.416 e. The van der Waals surface area contributed by atoms with Crippen molar-refractivity contribution >= 4 is 17.3 Å². The molecule has 0 fully saturated rings. The number of nitrogens with one attached hydrogen (secondary N) is 1. The standard InChI is InChI=1S/C13H14F3N3S/c1-3-9(13(14,15)16)4-5-10-8(2)18-12(19-10)11-6-17-7-20-11/h3-4,7,11H,1,5-6H2,2H3,(H,18,19)/b9-4+. The number of alkyl halides is 3. The lowest BCUT2D eigenvalue weighted by Gasteiger charge is -2.06. The van der Waals surface area contributed by atoms with E-state index < -0.39 is 11.7 Å². The second kappa shape index (κ2) is 5.87. The van der Waals surface area contributed by atoms with Crippen molar-refractivity contribution < 1.29 is 13.2 Å². The van der Waals surface area contributed by atoms with Crippen molar-refractivity contribution in [3.63, 3.8) is 0 Å². The first kappa shape index (κ1) is 14.9. The zero-order chi connectivity index (χ0) is 14.8. The van der Waals surface area contributed by atoms with Gasteiger partial charge in [-0.15, -0.1) is 11.8 Å². The van der Waals surface area contributed by atoms with E-state index in [-0.39, 0.29) is 11.7 Å². The van der Waals surface area contributed by atoms with Crippen LogP contribution in [0.3, 0.4) is 0 Å². The molecule has 0 aliphatic carbocycles. The molecule has 108 valence electrons. The fourth-order valence-electron chi connectivity index (χ4n) is 1.84. The fraction of sp³-hybridized carbons (Fsp3) is 0.385. The number of aryl methyl sites for hydroxylation is 1. The van der Waals surface area contributed by atoms with Crippen LogP contribution < -0.4 is 0 Å². The topological polar surface area (TPSA) is 41.0 Å². The van der Waals surface area contributed by atoms with Crippen LogP contribution >= 0.6 is 11.8 Å². The maximum absolute atomic E-state index is 12.6. The molecule has 0 aromatic carbocycles. The SMILES string of the molecule is C=C/C(=C\Cc1nc(C2CN=CS2)[nH]c1C)C(F)(F)F. The Morgan fingerprint density at radius 2 is 2.35 bits per heavy atom. The summed E-state index contributed by atoms with van der Waals surface area (Å²) in [6.07, 6.45) is -2.31. The quantitative estimate of drug-likeness (QED) is 0.860. The van der Waals surface area contributed by atoms with Gasteiger partial charge in [-0.2, -0.15) is 13.2 Å². The van der Waals surface area contributed by atoms with Crippen LogP contribution in [-0.2, 0) is 6.42 Å². The zero-order valence-corrected chi connectivity index (χ0v) is 11.7. The van der Waals surface area contributed by atoms with Gasteiger partial charge >= 0.3 is 6.18 Å². The minimum absolute atomic E-state index is 0.126. The molecule has 0 radical (unpaired) electrons. The predicted molar refractivity (Wildman–Crippen MR) is 75.1 cm³/mol. The minimum Gasteiger partial charge on any atom is -0.345 e. The summed E-state index contributed by atoms with van der Waals surface area (Å²) in [5.74, 6) is 0.764. The number of aromatic amines is 1. The normalized spacial score (nSPS) is 19.6. The second-order valence-electron chi connectivity index (χ2n) is 4.35. The van der Waals surface area contributed by atoms with Crippen molar-refractivity contribution in [1.29, 1.82) is 0 Å². The number of hydrogen-bond acceptors (Lipinski definition) is 3. The summed E-state index contributed by atoms with van der Waals surface area (Å²) in [5, 5.41) is 0.132. The molecule has 1 aliphatic rings. The molecule has 0 amide bonds. The summed E-state index contributed by atoms with van der Waals surface area (Å²) < 4.78 is 37.8. The van der Waals surface area contributed by atoms with Gasteiger partial charge in [0.1, 0.15) is 5.82 Å². The van der Waals surface area contributed by atoms with Gasteiger partial charge in [0.15, 0.2) is 0 Å². The van der Waals surface area contributed by atoms with Gasteiger partial charge in [-0.25, -0.2) is 4.98 Å². The van der Waals surface area contributed by atoms with E-state index in [2.05, 4.69) is 21.5 Å². The van der Waals surface area contributed by atoms with E-state index in [1.54, 1.807) is 24.2 Å². The highest BCUT2D eigenvalue weighted by molar-refractivity contribution is 8.12. The highest BCUT2D eigenvalue weighted by Crippen LogP contribution is 2.31. The lowest BCUT2D eigenvalue weighted by atomic mass is 10.1. The van der Waals surface area contributed by atoms with Gasteiger partial charge < -0.3 is 4.98 Å². The van der Waals surface area contributed by atoms with Gasteiger partial charge in [-0.1, -0.05) is 18.7 Å². The molecule has 0 bridgehead atoms. The predicted octanol–water partition coefficient (Wildman–Crippen LogP) is 3.75. The van der Waals surface area contributed by atoms with E-state index in [4.69, 9.17) is 0 Å². The van der Waals surface area contributed by atoms with E-state index >= 15 is 0 Å². The van der Waals surface area contributed by atoms with Gasteiger partial charge in [0.2, 0.25) is 0 Å². The first-order valence-corrected chi connectivity index (χ1v) is 6.95. The van der Waals surface area contributed by atoms with Crippen molar-refractivity contribution in [3.05, 3.63) is 41.5 Å². The van der Waals surface area contributed by atoms with Crippen molar-refractivity contribution in [1.82, 2.24) is 9.97 Å². The molecule has 20 heavy (non-hydrogen) atoms. The molecule has 1 aromatic heterocycles. The van der Waals surface area contributed by atoms with Gasteiger partial charge in [0.05, 0.1) is 28.6 Å². The number of hydrogen-bond donors (Lipinski definition) is 1. The van der Waals surface area contributed by atoms with Gasteiger partial charge in [-0.05, 0) is 6.92 Å². The monoisotopic (exact) mass is 301 g/mol. The molecule has 7 heteroatoms. The smallest absolute Gasteiger partial charge is 0.345 e. The highest BCUT2D eigenvalue weighted by Gasteiger charge is 2.31. The molecule has 0 saturated heterocycles. The number of halogens is 3. The van der Waals surface area contributed by atoms with Crippen LogP contribution in [0.1, 0.15) is 22.5 Å². The third kappa shape index (κ3) is 3.33. The number of nitrogens with zero attached hydrogens (tertiary/aromatic N) is 2. The minimum atomic E-state index is -4.37. The lowest BCUT2D eigenvalue weighted by molar-refractivity contribution is -0.0883. The molecule has 0 spiro atoms. The molecule has 3 nitrogen and oxygen atoms in total. The molecule has 1 N–H and O–H groups in total. The van der Waals surface area contributed by atoms with Gasteiger partial charge in [0, 0.05) is 12.1 Å². The van der Waals surface area contributed by atoms with Crippen LogP contribution in [0.4, 0.5) is 13.2 Å². The molecule has 2 rings (SSSR count). The zero-order valence-electron chi connectivity index (χ0n) is 10.9. The van der Waals surface area contributed by atoms with Crippen LogP contribution in [-0.4, -0.2) is 28.2 Å². The van der Waals surface area contributed by atoms with Crippen molar-refractivity contribution in [3.8, 4) is 0 Å². The fourth-order valence-corrected chi connectivity index (χ4v) is 2.58. The number of aliphatic imine (C=N–C) groups is 1. The largest absolute Gasteiger partial charge is 0.416 e. The third-order valence-corrected chi connectivity index (χ3v) is 3.91. The van der Waals surface area contributed by atoms with E-state index in [0.717, 1.165) is 23.7 Å². The molecular formula is C13H14F3N3S. The van der Waals surface area contributed by atoms with Crippen LogP contribution in [0.15, 0.2) is 29.3 Å².